The highest BCUT2D eigenvalue weighted by atomic mass is 16.5. The first-order chi connectivity index (χ1) is 10.0. The number of amides is 1. The lowest BCUT2D eigenvalue weighted by atomic mass is 10.1. The van der Waals surface area contributed by atoms with Gasteiger partial charge in [0.15, 0.2) is 0 Å². The first-order valence-electron chi connectivity index (χ1n) is 6.48. The molecule has 0 fully saturated rings. The van der Waals surface area contributed by atoms with Crippen molar-refractivity contribution in [1.29, 1.82) is 0 Å². The van der Waals surface area contributed by atoms with Crippen LogP contribution < -0.4 is 14.8 Å². The number of hydrogen-bond donors (Lipinski definition) is 1. The van der Waals surface area contributed by atoms with Crippen molar-refractivity contribution in [3.63, 3.8) is 0 Å². The van der Waals surface area contributed by atoms with Gasteiger partial charge >= 0.3 is 0 Å². The van der Waals surface area contributed by atoms with Crippen LogP contribution >= 0.6 is 0 Å². The van der Waals surface area contributed by atoms with Crippen molar-refractivity contribution >= 4 is 11.6 Å². The Kier molecular flexibility index (Phi) is 4.47. The quantitative estimate of drug-likeness (QED) is 0.915. The van der Waals surface area contributed by atoms with Crippen LogP contribution in [0.2, 0.25) is 0 Å². The summed E-state index contributed by atoms with van der Waals surface area (Å²) in [5.41, 5.74) is 2.09. The number of rotatable bonds is 5. The normalized spacial score (nSPS) is 10.3. The molecule has 2 rings (SSSR count). The van der Waals surface area contributed by atoms with E-state index in [1.807, 2.05) is 6.92 Å². The highest BCUT2D eigenvalue weighted by Gasteiger charge is 2.15. The lowest BCUT2D eigenvalue weighted by Gasteiger charge is -2.11. The van der Waals surface area contributed by atoms with Gasteiger partial charge in [-0.3, -0.25) is 4.79 Å². The number of nitrogens with zero attached hydrogens (tertiary/aromatic N) is 1. The predicted octanol–water partition coefficient (Wildman–Crippen LogP) is 2.49. The topological polar surface area (TPSA) is 73.6 Å². The Hall–Kier alpha value is -2.50. The smallest absolute Gasteiger partial charge is 0.229 e. The summed E-state index contributed by atoms with van der Waals surface area (Å²) < 4.78 is 15.4. The number of nitrogens with one attached hydrogen (secondary N) is 1. The number of benzene rings is 1. The number of anilines is 1. The van der Waals surface area contributed by atoms with E-state index in [1.165, 1.54) is 0 Å². The molecule has 0 saturated carbocycles. The van der Waals surface area contributed by atoms with Gasteiger partial charge in [0.1, 0.15) is 17.3 Å². The van der Waals surface area contributed by atoms with Gasteiger partial charge in [-0.2, -0.15) is 0 Å². The summed E-state index contributed by atoms with van der Waals surface area (Å²) in [6.07, 6.45) is 0.196. The molecule has 0 saturated heterocycles. The molecule has 2 aromatic rings. The van der Waals surface area contributed by atoms with Gasteiger partial charge in [0.2, 0.25) is 5.91 Å². The molecule has 6 heteroatoms. The van der Waals surface area contributed by atoms with Crippen LogP contribution in [0.15, 0.2) is 22.7 Å². The molecule has 0 aliphatic rings. The molecule has 1 amide bonds. The van der Waals surface area contributed by atoms with E-state index in [-0.39, 0.29) is 12.3 Å². The van der Waals surface area contributed by atoms with Crippen LogP contribution in [0.1, 0.15) is 17.0 Å². The second kappa shape index (κ2) is 6.30. The molecular weight excluding hydrogens is 272 g/mol. The summed E-state index contributed by atoms with van der Waals surface area (Å²) in [4.78, 5) is 12.2. The SMILES string of the molecule is COc1ccc(OC)c(NC(=O)Cc2c(C)noc2C)c1. The molecule has 0 unspecified atom stereocenters. The van der Waals surface area contributed by atoms with Gasteiger partial charge in [-0.25, -0.2) is 0 Å². The molecule has 0 aliphatic heterocycles. The fourth-order valence-electron chi connectivity index (χ4n) is 2.02. The molecule has 112 valence electrons. The van der Waals surface area contributed by atoms with Crippen LogP contribution in [0.5, 0.6) is 11.5 Å². The third-order valence-corrected chi connectivity index (χ3v) is 3.20. The summed E-state index contributed by atoms with van der Waals surface area (Å²) >= 11 is 0. The third kappa shape index (κ3) is 3.34. The van der Waals surface area contributed by atoms with Crippen molar-refractivity contribution in [3.8, 4) is 11.5 Å². The number of methoxy groups -OCH3 is 2. The third-order valence-electron chi connectivity index (χ3n) is 3.20. The number of carbonyl (C=O) groups is 1. The number of carbonyl (C=O) groups excluding carboxylic acids is 1. The zero-order valence-electron chi connectivity index (χ0n) is 12.5. The average Bonchev–Trinajstić information content (AvgIpc) is 2.79. The van der Waals surface area contributed by atoms with E-state index in [0.717, 1.165) is 11.3 Å². The van der Waals surface area contributed by atoms with E-state index in [0.29, 0.717) is 22.9 Å². The van der Waals surface area contributed by atoms with Gasteiger partial charge in [-0.1, -0.05) is 5.16 Å². The number of hydrogen-bond acceptors (Lipinski definition) is 5. The lowest BCUT2D eigenvalue weighted by molar-refractivity contribution is -0.115. The molecule has 1 N–H and O–H groups in total. The minimum absolute atomic E-state index is 0.170. The Balaban J connectivity index is 2.16. The van der Waals surface area contributed by atoms with Crippen molar-refractivity contribution in [2.45, 2.75) is 20.3 Å². The van der Waals surface area contributed by atoms with E-state index < -0.39 is 0 Å². The summed E-state index contributed by atoms with van der Waals surface area (Å²) in [5, 5.41) is 6.65. The fraction of sp³-hybridized carbons (Fsp3) is 0.333. The van der Waals surface area contributed by atoms with Crippen LogP contribution in [-0.2, 0) is 11.2 Å². The van der Waals surface area contributed by atoms with Gasteiger partial charge in [-0.15, -0.1) is 0 Å². The Bertz CT molecular complexity index is 630. The van der Waals surface area contributed by atoms with E-state index >= 15 is 0 Å². The van der Waals surface area contributed by atoms with Crippen LogP contribution in [0, 0.1) is 13.8 Å². The Morgan fingerprint density at radius 2 is 2.05 bits per heavy atom. The molecule has 0 spiro atoms. The van der Waals surface area contributed by atoms with Crippen LogP contribution in [0.25, 0.3) is 0 Å². The fourth-order valence-corrected chi connectivity index (χ4v) is 2.02. The summed E-state index contributed by atoms with van der Waals surface area (Å²) in [6, 6.07) is 5.22. The zero-order valence-corrected chi connectivity index (χ0v) is 12.5. The maximum atomic E-state index is 12.2. The zero-order chi connectivity index (χ0) is 15.4. The highest BCUT2D eigenvalue weighted by Crippen LogP contribution is 2.29. The number of aromatic nitrogens is 1. The van der Waals surface area contributed by atoms with Crippen molar-refractivity contribution in [3.05, 3.63) is 35.2 Å². The molecule has 0 radical (unpaired) electrons. The van der Waals surface area contributed by atoms with Crippen molar-refractivity contribution in [1.82, 2.24) is 5.16 Å². The van der Waals surface area contributed by atoms with E-state index in [4.69, 9.17) is 14.0 Å². The highest BCUT2D eigenvalue weighted by molar-refractivity contribution is 5.94. The van der Waals surface area contributed by atoms with Crippen molar-refractivity contribution in [2.75, 3.05) is 19.5 Å². The minimum atomic E-state index is -0.170. The minimum Gasteiger partial charge on any atom is -0.497 e. The molecule has 21 heavy (non-hydrogen) atoms. The van der Waals surface area contributed by atoms with E-state index in [9.17, 15) is 4.79 Å². The maximum Gasteiger partial charge on any atom is 0.229 e. The molecular formula is C15H18N2O4. The van der Waals surface area contributed by atoms with Crippen molar-refractivity contribution in [2.24, 2.45) is 0 Å². The first-order valence-corrected chi connectivity index (χ1v) is 6.48. The first kappa shape index (κ1) is 14.9. The monoisotopic (exact) mass is 290 g/mol. The molecule has 0 aliphatic carbocycles. The number of ether oxygens (including phenoxy) is 2. The Morgan fingerprint density at radius 1 is 1.29 bits per heavy atom. The van der Waals surface area contributed by atoms with Gasteiger partial charge in [-0.05, 0) is 26.0 Å². The largest absolute Gasteiger partial charge is 0.497 e. The van der Waals surface area contributed by atoms with Gasteiger partial charge < -0.3 is 19.3 Å². The van der Waals surface area contributed by atoms with Gasteiger partial charge in [0, 0.05) is 11.6 Å². The second-order valence-corrected chi connectivity index (χ2v) is 4.59. The van der Waals surface area contributed by atoms with E-state index in [2.05, 4.69) is 10.5 Å². The summed E-state index contributed by atoms with van der Waals surface area (Å²) in [7, 11) is 3.11. The van der Waals surface area contributed by atoms with Gasteiger partial charge in [0.25, 0.3) is 0 Å². The average molecular weight is 290 g/mol. The van der Waals surface area contributed by atoms with Crippen molar-refractivity contribution < 1.29 is 18.8 Å². The molecule has 1 aromatic carbocycles. The van der Waals surface area contributed by atoms with Crippen LogP contribution in [-0.4, -0.2) is 25.3 Å². The standard InChI is InChI=1S/C15H18N2O4/c1-9-12(10(2)21-17-9)8-15(18)16-13-7-11(19-3)5-6-14(13)20-4/h5-7H,8H2,1-4H3,(H,16,18). The Labute approximate surface area is 123 Å². The van der Waals surface area contributed by atoms with Gasteiger partial charge in [0.05, 0.1) is 32.0 Å². The van der Waals surface area contributed by atoms with Crippen LogP contribution in [0.3, 0.4) is 0 Å². The molecule has 6 nitrogen and oxygen atoms in total. The molecule has 0 atom stereocenters. The molecule has 1 aromatic heterocycles. The maximum absolute atomic E-state index is 12.2. The Morgan fingerprint density at radius 3 is 2.62 bits per heavy atom. The molecule has 1 heterocycles. The predicted molar refractivity (Wildman–Crippen MR) is 77.9 cm³/mol. The van der Waals surface area contributed by atoms with Crippen LogP contribution in [0.4, 0.5) is 5.69 Å². The van der Waals surface area contributed by atoms with E-state index in [1.54, 1.807) is 39.3 Å². The number of aryl methyl sites for hydroxylation is 2. The lowest BCUT2D eigenvalue weighted by Crippen LogP contribution is -2.15. The summed E-state index contributed by atoms with van der Waals surface area (Å²) in [6.45, 7) is 3.60. The second-order valence-electron chi connectivity index (χ2n) is 4.59. The summed E-state index contributed by atoms with van der Waals surface area (Å²) in [5.74, 6) is 1.70. The molecule has 0 bridgehead atoms.